The van der Waals surface area contributed by atoms with Gasteiger partial charge in [-0.2, -0.15) is 5.10 Å². The first kappa shape index (κ1) is 14.1. The van der Waals surface area contributed by atoms with E-state index in [-0.39, 0.29) is 0 Å². The van der Waals surface area contributed by atoms with Gasteiger partial charge >= 0.3 is 0 Å². The molecule has 0 saturated heterocycles. The predicted molar refractivity (Wildman–Crippen MR) is 74.2 cm³/mol. The summed E-state index contributed by atoms with van der Waals surface area (Å²) >= 11 is 6.33. The van der Waals surface area contributed by atoms with Gasteiger partial charge in [0.05, 0.1) is 28.4 Å². The van der Waals surface area contributed by atoms with Crippen molar-refractivity contribution in [3.63, 3.8) is 0 Å². The maximum Gasteiger partial charge on any atom is 0.103 e. The molecule has 1 N–H and O–H groups in total. The fraction of sp³-hybridized carbons (Fsp3) is 0.538. The van der Waals surface area contributed by atoms with Gasteiger partial charge in [-0.1, -0.05) is 18.5 Å². The highest BCUT2D eigenvalue weighted by Crippen LogP contribution is 2.26. The van der Waals surface area contributed by atoms with Gasteiger partial charge < -0.3 is 9.67 Å². The second kappa shape index (κ2) is 5.75. The largest absolute Gasteiger partial charge is 0.386 e. The third-order valence-electron chi connectivity index (χ3n) is 3.15. The predicted octanol–water partition coefficient (Wildman–Crippen LogP) is 2.13. The first-order valence-electron chi connectivity index (χ1n) is 6.46. The summed E-state index contributed by atoms with van der Waals surface area (Å²) < 4.78 is 3.67. The Morgan fingerprint density at radius 2 is 2.16 bits per heavy atom. The highest BCUT2D eigenvalue weighted by molar-refractivity contribution is 6.31. The minimum atomic E-state index is -0.662. The van der Waals surface area contributed by atoms with E-state index in [1.165, 1.54) is 0 Å². The van der Waals surface area contributed by atoms with Crippen molar-refractivity contribution in [3.8, 4) is 0 Å². The Labute approximate surface area is 117 Å². The van der Waals surface area contributed by atoms with Gasteiger partial charge in [0.15, 0.2) is 0 Å². The number of hydrogen-bond donors (Lipinski definition) is 1. The maximum atomic E-state index is 10.2. The number of rotatable bonds is 5. The molecule has 19 heavy (non-hydrogen) atoms. The second-order valence-electron chi connectivity index (χ2n) is 4.56. The van der Waals surface area contributed by atoms with Crippen molar-refractivity contribution in [1.82, 2.24) is 19.3 Å². The summed E-state index contributed by atoms with van der Waals surface area (Å²) in [5.74, 6) is 0. The van der Waals surface area contributed by atoms with E-state index >= 15 is 0 Å². The van der Waals surface area contributed by atoms with E-state index in [0.717, 1.165) is 24.4 Å². The van der Waals surface area contributed by atoms with E-state index in [0.29, 0.717) is 17.1 Å². The molecule has 0 aromatic carbocycles. The molecule has 2 aromatic rings. The van der Waals surface area contributed by atoms with Crippen LogP contribution in [-0.4, -0.2) is 24.4 Å². The van der Waals surface area contributed by atoms with Crippen LogP contribution in [0.3, 0.4) is 0 Å². The van der Waals surface area contributed by atoms with Gasteiger partial charge in [-0.05, 0) is 13.3 Å². The van der Waals surface area contributed by atoms with Crippen LogP contribution in [0.25, 0.3) is 0 Å². The van der Waals surface area contributed by atoms with Crippen molar-refractivity contribution >= 4 is 11.6 Å². The number of nitrogens with zero attached hydrogens (tertiary/aromatic N) is 4. The molecular weight excluding hydrogens is 264 g/mol. The van der Waals surface area contributed by atoms with Crippen molar-refractivity contribution in [3.05, 3.63) is 34.6 Å². The molecule has 0 aliphatic carbocycles. The molecular formula is C13H19ClN4O. The van der Waals surface area contributed by atoms with Crippen LogP contribution in [0, 0.1) is 0 Å². The van der Waals surface area contributed by atoms with Crippen molar-refractivity contribution in [2.75, 3.05) is 0 Å². The molecule has 2 rings (SSSR count). The van der Waals surface area contributed by atoms with Crippen LogP contribution >= 0.6 is 11.6 Å². The molecule has 0 aliphatic rings. The molecule has 5 nitrogen and oxygen atoms in total. The van der Waals surface area contributed by atoms with Gasteiger partial charge in [-0.3, -0.25) is 4.68 Å². The normalized spacial score (nSPS) is 12.9. The van der Waals surface area contributed by atoms with Crippen LogP contribution in [-0.2, 0) is 26.4 Å². The molecule has 0 radical (unpaired) electrons. The van der Waals surface area contributed by atoms with Crippen LogP contribution < -0.4 is 0 Å². The number of halogens is 1. The number of aliphatic hydroxyl groups excluding tert-OH is 1. The Balaban J connectivity index is 2.25. The molecule has 2 aromatic heterocycles. The molecule has 0 aliphatic heterocycles. The SMILES string of the molecule is CCc1nn(CC)c(CC(O)c2cn(C)cn2)c1Cl. The molecule has 6 heteroatoms. The van der Waals surface area contributed by atoms with Crippen molar-refractivity contribution in [2.24, 2.45) is 7.05 Å². The number of imidazole rings is 1. The lowest BCUT2D eigenvalue weighted by Gasteiger charge is -2.10. The molecule has 1 unspecified atom stereocenters. The minimum absolute atomic E-state index is 0.427. The topological polar surface area (TPSA) is 55.9 Å². The van der Waals surface area contributed by atoms with E-state index < -0.39 is 6.10 Å². The Bertz CT molecular complexity index is 561. The molecule has 0 saturated carbocycles. The van der Waals surface area contributed by atoms with E-state index in [1.54, 1.807) is 6.33 Å². The maximum absolute atomic E-state index is 10.2. The molecule has 0 amide bonds. The molecule has 1 atom stereocenters. The van der Waals surface area contributed by atoms with Crippen molar-refractivity contribution in [2.45, 2.75) is 39.3 Å². The van der Waals surface area contributed by atoms with Crippen LogP contribution in [0.1, 0.15) is 37.0 Å². The molecule has 2 heterocycles. The summed E-state index contributed by atoms with van der Waals surface area (Å²) in [7, 11) is 1.88. The Morgan fingerprint density at radius 1 is 1.42 bits per heavy atom. The van der Waals surface area contributed by atoms with Crippen molar-refractivity contribution < 1.29 is 5.11 Å². The van der Waals surface area contributed by atoms with E-state index in [4.69, 9.17) is 11.6 Å². The number of hydrogen-bond acceptors (Lipinski definition) is 3. The summed E-state index contributed by atoms with van der Waals surface area (Å²) in [5.41, 5.74) is 2.41. The molecule has 104 valence electrons. The average molecular weight is 283 g/mol. The fourth-order valence-electron chi connectivity index (χ4n) is 2.11. The summed E-state index contributed by atoms with van der Waals surface area (Å²) in [6, 6.07) is 0. The summed E-state index contributed by atoms with van der Waals surface area (Å²) in [6.07, 6.45) is 4.04. The van der Waals surface area contributed by atoms with Gasteiger partial charge in [0.25, 0.3) is 0 Å². The van der Waals surface area contributed by atoms with Crippen LogP contribution in [0.15, 0.2) is 12.5 Å². The van der Waals surface area contributed by atoms with Crippen LogP contribution in [0.2, 0.25) is 5.02 Å². The Hall–Kier alpha value is -1.33. The average Bonchev–Trinajstić information content (AvgIpc) is 2.95. The van der Waals surface area contributed by atoms with E-state index in [1.807, 2.05) is 36.3 Å². The monoisotopic (exact) mass is 282 g/mol. The molecule has 0 spiro atoms. The fourth-order valence-corrected chi connectivity index (χ4v) is 2.45. The molecule has 0 bridgehead atoms. The summed E-state index contributed by atoms with van der Waals surface area (Å²) in [5, 5.41) is 15.4. The zero-order chi connectivity index (χ0) is 14.0. The van der Waals surface area contributed by atoms with Gasteiger partial charge in [0.2, 0.25) is 0 Å². The van der Waals surface area contributed by atoms with E-state index in [9.17, 15) is 5.11 Å². The summed E-state index contributed by atoms with van der Waals surface area (Å²) in [4.78, 5) is 4.16. The number of aryl methyl sites for hydroxylation is 3. The first-order valence-corrected chi connectivity index (χ1v) is 6.84. The van der Waals surface area contributed by atoms with Crippen molar-refractivity contribution in [1.29, 1.82) is 0 Å². The number of aromatic nitrogens is 4. The minimum Gasteiger partial charge on any atom is -0.386 e. The lowest BCUT2D eigenvalue weighted by atomic mass is 10.1. The van der Waals surface area contributed by atoms with Gasteiger partial charge in [-0.25, -0.2) is 4.98 Å². The highest BCUT2D eigenvalue weighted by Gasteiger charge is 2.19. The third-order valence-corrected chi connectivity index (χ3v) is 3.58. The van der Waals surface area contributed by atoms with Crippen LogP contribution in [0.5, 0.6) is 0 Å². The quantitative estimate of drug-likeness (QED) is 0.914. The first-order chi connectivity index (χ1) is 9.06. The highest BCUT2D eigenvalue weighted by atomic mass is 35.5. The Morgan fingerprint density at radius 3 is 2.68 bits per heavy atom. The smallest absolute Gasteiger partial charge is 0.103 e. The summed E-state index contributed by atoms with van der Waals surface area (Å²) in [6.45, 7) is 4.77. The zero-order valence-corrected chi connectivity index (χ0v) is 12.2. The van der Waals surface area contributed by atoms with Gasteiger partial charge in [0.1, 0.15) is 6.10 Å². The number of aliphatic hydroxyl groups is 1. The molecule has 0 fully saturated rings. The van der Waals surface area contributed by atoms with Crippen LogP contribution in [0.4, 0.5) is 0 Å². The van der Waals surface area contributed by atoms with E-state index in [2.05, 4.69) is 10.1 Å². The zero-order valence-electron chi connectivity index (χ0n) is 11.5. The standard InChI is InChI=1S/C13H19ClN4O/c1-4-9-13(14)11(18(5-2)16-9)6-12(19)10-7-17(3)8-15-10/h7-8,12,19H,4-6H2,1-3H3. The second-order valence-corrected chi connectivity index (χ2v) is 4.94. The van der Waals surface area contributed by atoms with Gasteiger partial charge in [-0.15, -0.1) is 0 Å². The third kappa shape index (κ3) is 2.82. The Kier molecular flexibility index (Phi) is 4.27. The lowest BCUT2D eigenvalue weighted by molar-refractivity contribution is 0.171. The lowest BCUT2D eigenvalue weighted by Crippen LogP contribution is -2.09. The van der Waals surface area contributed by atoms with Gasteiger partial charge in [0, 0.05) is 26.2 Å².